The first kappa shape index (κ1) is 17.4. The van der Waals surface area contributed by atoms with Crippen LogP contribution in [0.15, 0.2) is 49.3 Å². The number of rotatable bonds is 6. The Morgan fingerprint density at radius 2 is 2.08 bits per heavy atom. The lowest BCUT2D eigenvalue weighted by atomic mass is 10.2. The summed E-state index contributed by atoms with van der Waals surface area (Å²) in [5.41, 5.74) is 1.04. The number of methoxy groups -OCH3 is 1. The van der Waals surface area contributed by atoms with E-state index in [1.54, 1.807) is 49.5 Å². The molecular formula is C18H19N5O3. The van der Waals surface area contributed by atoms with Gasteiger partial charge in [0.25, 0.3) is 5.91 Å². The predicted octanol–water partition coefficient (Wildman–Crippen LogP) is 2.39. The van der Waals surface area contributed by atoms with Gasteiger partial charge in [-0.1, -0.05) is 6.07 Å². The van der Waals surface area contributed by atoms with Crippen molar-refractivity contribution in [3.05, 3.63) is 54.9 Å². The molecule has 8 heteroatoms. The zero-order valence-electron chi connectivity index (χ0n) is 14.7. The van der Waals surface area contributed by atoms with Crippen LogP contribution in [0.5, 0.6) is 11.5 Å². The standard InChI is InChI=1S/C18H19N5O3/c1-12-4-5-14(15(8-12)25-3)26-13(2)18(24)22-16-9-17(21-10-20-16)23-7-6-19-11-23/h4-11,13H,1-3H3,(H,20,21,22,24). The average molecular weight is 353 g/mol. The van der Waals surface area contributed by atoms with E-state index in [1.807, 2.05) is 19.1 Å². The van der Waals surface area contributed by atoms with Crippen LogP contribution < -0.4 is 14.8 Å². The molecule has 1 amide bonds. The Balaban J connectivity index is 1.69. The maximum Gasteiger partial charge on any atom is 0.266 e. The number of carbonyl (C=O) groups is 1. The minimum atomic E-state index is -0.738. The van der Waals surface area contributed by atoms with Crippen molar-refractivity contribution < 1.29 is 14.3 Å². The summed E-state index contributed by atoms with van der Waals surface area (Å²) < 4.78 is 12.7. The number of carbonyl (C=O) groups excluding carboxylic acids is 1. The lowest BCUT2D eigenvalue weighted by Crippen LogP contribution is -2.30. The quantitative estimate of drug-likeness (QED) is 0.732. The van der Waals surface area contributed by atoms with Crippen molar-refractivity contribution in [3.63, 3.8) is 0 Å². The Labute approximate surface area is 150 Å². The number of aryl methyl sites for hydroxylation is 1. The number of anilines is 1. The fourth-order valence-corrected chi connectivity index (χ4v) is 2.30. The number of hydrogen-bond acceptors (Lipinski definition) is 6. The number of aromatic nitrogens is 4. The molecule has 0 bridgehead atoms. The van der Waals surface area contributed by atoms with Gasteiger partial charge in [-0.2, -0.15) is 0 Å². The molecule has 2 heterocycles. The van der Waals surface area contributed by atoms with Gasteiger partial charge in [0.2, 0.25) is 0 Å². The summed E-state index contributed by atoms with van der Waals surface area (Å²) >= 11 is 0. The molecule has 0 aliphatic carbocycles. The van der Waals surface area contributed by atoms with Gasteiger partial charge >= 0.3 is 0 Å². The topological polar surface area (TPSA) is 91.2 Å². The van der Waals surface area contributed by atoms with Gasteiger partial charge in [-0.25, -0.2) is 15.0 Å². The van der Waals surface area contributed by atoms with E-state index < -0.39 is 6.10 Å². The molecule has 0 spiro atoms. The predicted molar refractivity (Wildman–Crippen MR) is 95.6 cm³/mol. The number of hydrogen-bond donors (Lipinski definition) is 1. The van der Waals surface area contributed by atoms with Crippen molar-refractivity contribution in [2.75, 3.05) is 12.4 Å². The van der Waals surface area contributed by atoms with Crippen LogP contribution in [-0.4, -0.2) is 38.6 Å². The zero-order valence-corrected chi connectivity index (χ0v) is 14.7. The highest BCUT2D eigenvalue weighted by Gasteiger charge is 2.18. The molecule has 0 aliphatic rings. The summed E-state index contributed by atoms with van der Waals surface area (Å²) in [6.45, 7) is 3.61. The third-order valence-corrected chi connectivity index (χ3v) is 3.66. The highest BCUT2D eigenvalue weighted by atomic mass is 16.5. The van der Waals surface area contributed by atoms with Crippen LogP contribution in [0.1, 0.15) is 12.5 Å². The first-order valence-corrected chi connectivity index (χ1v) is 7.99. The van der Waals surface area contributed by atoms with E-state index in [1.165, 1.54) is 6.33 Å². The van der Waals surface area contributed by atoms with E-state index in [9.17, 15) is 4.79 Å². The van der Waals surface area contributed by atoms with Crippen LogP contribution in [0.2, 0.25) is 0 Å². The van der Waals surface area contributed by atoms with Gasteiger partial charge in [0, 0.05) is 18.5 Å². The second-order valence-electron chi connectivity index (χ2n) is 5.64. The van der Waals surface area contributed by atoms with Crippen molar-refractivity contribution in [1.29, 1.82) is 0 Å². The SMILES string of the molecule is COc1cc(C)ccc1OC(C)C(=O)Nc1cc(-n2ccnc2)ncn1. The molecule has 1 aromatic carbocycles. The lowest BCUT2D eigenvalue weighted by molar-refractivity contribution is -0.122. The third-order valence-electron chi connectivity index (χ3n) is 3.66. The molecule has 3 aromatic rings. The molecule has 0 aliphatic heterocycles. The fraction of sp³-hybridized carbons (Fsp3) is 0.222. The van der Waals surface area contributed by atoms with Gasteiger partial charge in [0.05, 0.1) is 7.11 Å². The largest absolute Gasteiger partial charge is 0.493 e. The Kier molecular flexibility index (Phi) is 5.12. The molecule has 3 rings (SSSR count). The van der Waals surface area contributed by atoms with Crippen LogP contribution in [0.4, 0.5) is 5.82 Å². The van der Waals surface area contributed by atoms with E-state index in [0.717, 1.165) is 5.56 Å². The molecule has 0 fully saturated rings. The first-order chi connectivity index (χ1) is 12.6. The summed E-state index contributed by atoms with van der Waals surface area (Å²) in [5, 5.41) is 2.72. The smallest absolute Gasteiger partial charge is 0.266 e. The third kappa shape index (κ3) is 3.97. The number of ether oxygens (including phenoxy) is 2. The van der Waals surface area contributed by atoms with Crippen LogP contribution in [-0.2, 0) is 4.79 Å². The minimum Gasteiger partial charge on any atom is -0.493 e. The van der Waals surface area contributed by atoms with Crippen molar-refractivity contribution in [1.82, 2.24) is 19.5 Å². The number of amides is 1. The minimum absolute atomic E-state index is 0.331. The second kappa shape index (κ2) is 7.64. The summed E-state index contributed by atoms with van der Waals surface area (Å²) in [5.74, 6) is 1.72. The molecule has 0 saturated carbocycles. The van der Waals surface area contributed by atoms with Gasteiger partial charge in [0.15, 0.2) is 17.6 Å². The van der Waals surface area contributed by atoms with Crippen molar-refractivity contribution in [2.45, 2.75) is 20.0 Å². The Morgan fingerprint density at radius 3 is 2.81 bits per heavy atom. The Hall–Kier alpha value is -3.42. The summed E-state index contributed by atoms with van der Waals surface area (Å²) in [6, 6.07) is 7.17. The molecule has 0 saturated heterocycles. The maximum absolute atomic E-state index is 12.4. The highest BCUT2D eigenvalue weighted by molar-refractivity contribution is 5.93. The molecule has 134 valence electrons. The molecule has 2 aromatic heterocycles. The normalized spacial score (nSPS) is 11.7. The van der Waals surface area contributed by atoms with Gasteiger partial charge in [0.1, 0.15) is 24.3 Å². The van der Waals surface area contributed by atoms with Crippen molar-refractivity contribution >= 4 is 11.7 Å². The molecule has 1 N–H and O–H groups in total. The molecule has 8 nitrogen and oxygen atoms in total. The Bertz CT molecular complexity index is 896. The number of imidazole rings is 1. The second-order valence-corrected chi connectivity index (χ2v) is 5.64. The summed E-state index contributed by atoms with van der Waals surface area (Å²) in [6.07, 6.45) is 5.65. The van der Waals surface area contributed by atoms with E-state index in [0.29, 0.717) is 23.1 Å². The summed E-state index contributed by atoms with van der Waals surface area (Å²) in [4.78, 5) is 24.6. The molecule has 0 radical (unpaired) electrons. The van der Waals surface area contributed by atoms with E-state index in [4.69, 9.17) is 9.47 Å². The van der Waals surface area contributed by atoms with E-state index in [-0.39, 0.29) is 5.91 Å². The van der Waals surface area contributed by atoms with E-state index in [2.05, 4.69) is 20.3 Å². The van der Waals surface area contributed by atoms with Gasteiger partial charge < -0.3 is 14.8 Å². The first-order valence-electron chi connectivity index (χ1n) is 7.99. The van der Waals surface area contributed by atoms with Gasteiger partial charge in [-0.05, 0) is 31.5 Å². The number of benzene rings is 1. The van der Waals surface area contributed by atoms with Crippen LogP contribution in [0.3, 0.4) is 0 Å². The van der Waals surface area contributed by atoms with Crippen molar-refractivity contribution in [2.24, 2.45) is 0 Å². The Morgan fingerprint density at radius 1 is 1.23 bits per heavy atom. The van der Waals surface area contributed by atoms with Crippen LogP contribution in [0, 0.1) is 6.92 Å². The summed E-state index contributed by atoms with van der Waals surface area (Å²) in [7, 11) is 1.56. The monoisotopic (exact) mass is 353 g/mol. The highest BCUT2D eigenvalue weighted by Crippen LogP contribution is 2.28. The number of nitrogens with one attached hydrogen (secondary N) is 1. The van der Waals surface area contributed by atoms with E-state index >= 15 is 0 Å². The zero-order chi connectivity index (χ0) is 18.5. The number of nitrogens with zero attached hydrogens (tertiary/aromatic N) is 4. The fourth-order valence-electron chi connectivity index (χ4n) is 2.30. The molecular weight excluding hydrogens is 334 g/mol. The van der Waals surface area contributed by atoms with Crippen LogP contribution >= 0.6 is 0 Å². The molecule has 1 unspecified atom stereocenters. The van der Waals surface area contributed by atoms with Crippen molar-refractivity contribution in [3.8, 4) is 17.3 Å². The van der Waals surface area contributed by atoms with Gasteiger partial charge in [-0.3, -0.25) is 9.36 Å². The molecule has 26 heavy (non-hydrogen) atoms. The average Bonchev–Trinajstić information content (AvgIpc) is 3.18. The maximum atomic E-state index is 12.4. The van der Waals surface area contributed by atoms with Crippen LogP contribution in [0.25, 0.3) is 5.82 Å². The van der Waals surface area contributed by atoms with Gasteiger partial charge in [-0.15, -0.1) is 0 Å². The molecule has 1 atom stereocenters. The lowest BCUT2D eigenvalue weighted by Gasteiger charge is -2.17.